The molecule has 1 heterocycles. The molecule has 1 rings (SSSR count). The van der Waals surface area contributed by atoms with E-state index in [0.29, 0.717) is 24.8 Å². The molecule has 0 saturated carbocycles. The summed E-state index contributed by atoms with van der Waals surface area (Å²) in [7, 11) is -3.02. The van der Waals surface area contributed by atoms with Crippen LogP contribution in [0.15, 0.2) is 18.5 Å². The van der Waals surface area contributed by atoms with Crippen LogP contribution in [0, 0.1) is 0 Å². The first-order valence-corrected chi connectivity index (χ1v) is 7.75. The van der Waals surface area contributed by atoms with Gasteiger partial charge in [-0.05, 0) is 6.07 Å². The molecule has 9 heteroatoms. The zero-order chi connectivity index (χ0) is 12.6. The van der Waals surface area contributed by atoms with Crippen LogP contribution in [0.1, 0.15) is 0 Å². The van der Waals surface area contributed by atoms with E-state index in [2.05, 4.69) is 25.2 Å². The normalized spacial score (nSPS) is 11.4. The van der Waals surface area contributed by atoms with Crippen molar-refractivity contribution in [2.45, 2.75) is 0 Å². The molecule has 0 aliphatic carbocycles. The summed E-state index contributed by atoms with van der Waals surface area (Å²) in [6.07, 6.45) is 3.12. The van der Waals surface area contributed by atoms with E-state index in [1.165, 1.54) is 0 Å². The zero-order valence-electron chi connectivity index (χ0n) is 9.07. The fourth-order valence-electron chi connectivity index (χ4n) is 1.03. The van der Waals surface area contributed by atoms with Crippen molar-refractivity contribution in [1.29, 1.82) is 0 Å². The molecule has 0 aromatic carbocycles. The summed E-state index contributed by atoms with van der Waals surface area (Å²) in [6, 6.07) is 1.68. The Kier molecular flexibility index (Phi) is 6.77. The molecule has 96 valence electrons. The molecule has 0 saturated heterocycles. The van der Waals surface area contributed by atoms with E-state index in [1.807, 2.05) is 0 Å². The number of nitrogens with zero attached hydrogens (tertiary/aromatic N) is 2. The van der Waals surface area contributed by atoms with Crippen LogP contribution in [-0.2, 0) is 4.57 Å². The fourth-order valence-corrected chi connectivity index (χ4v) is 3.00. The van der Waals surface area contributed by atoms with E-state index in [0.717, 1.165) is 0 Å². The molecule has 0 unspecified atom stereocenters. The number of alkyl halides is 2. The second kappa shape index (κ2) is 7.84. The molecule has 0 spiro atoms. The van der Waals surface area contributed by atoms with Gasteiger partial charge in [-0.2, -0.15) is 0 Å². The molecule has 17 heavy (non-hydrogen) atoms. The highest BCUT2D eigenvalue weighted by atomic mass is 35.5. The molecule has 0 amide bonds. The third-order valence-corrected chi connectivity index (χ3v) is 3.91. The third kappa shape index (κ3) is 5.66. The first-order chi connectivity index (χ1) is 8.20. The Bertz CT molecular complexity index is 354. The maximum Gasteiger partial charge on any atom is 0.305 e. The summed E-state index contributed by atoms with van der Waals surface area (Å²) in [5.74, 6) is 0.980. The number of hydrogen-bond acceptors (Lipinski definition) is 3. The Hall–Kier alpha value is -0.390. The third-order valence-electron chi connectivity index (χ3n) is 1.68. The van der Waals surface area contributed by atoms with Crippen LogP contribution in [-0.4, -0.2) is 34.8 Å². The SMILES string of the molecule is O=P(NCCCl)(NCCCl)Nc1ncccn1. The Morgan fingerprint density at radius 2 is 1.65 bits per heavy atom. The minimum Gasteiger partial charge on any atom is -0.281 e. The summed E-state index contributed by atoms with van der Waals surface area (Å²) >= 11 is 11.1. The highest BCUT2D eigenvalue weighted by Gasteiger charge is 2.21. The quantitative estimate of drug-likeness (QED) is 0.500. The molecular formula is C8H14Cl2N5OP. The summed E-state index contributed by atoms with van der Waals surface area (Å²) in [4.78, 5) is 7.88. The van der Waals surface area contributed by atoms with Gasteiger partial charge in [-0.15, -0.1) is 23.2 Å². The molecule has 1 aromatic rings. The summed E-state index contributed by atoms with van der Waals surface area (Å²) in [5, 5.41) is 8.30. The lowest BCUT2D eigenvalue weighted by Crippen LogP contribution is -2.30. The number of nitrogens with one attached hydrogen (secondary N) is 3. The van der Waals surface area contributed by atoms with Crippen LogP contribution in [0.25, 0.3) is 0 Å². The van der Waals surface area contributed by atoms with Gasteiger partial charge < -0.3 is 0 Å². The number of rotatable bonds is 8. The second-order valence-electron chi connectivity index (χ2n) is 2.99. The van der Waals surface area contributed by atoms with Crippen molar-refractivity contribution in [3.8, 4) is 0 Å². The van der Waals surface area contributed by atoms with E-state index >= 15 is 0 Å². The van der Waals surface area contributed by atoms with Gasteiger partial charge in [-0.1, -0.05) is 0 Å². The number of anilines is 1. The second-order valence-corrected chi connectivity index (χ2v) is 5.82. The van der Waals surface area contributed by atoms with Gasteiger partial charge in [0.1, 0.15) is 0 Å². The summed E-state index contributed by atoms with van der Waals surface area (Å²) < 4.78 is 12.4. The predicted octanol–water partition coefficient (Wildman–Crippen LogP) is 1.65. The number of halogens is 2. The molecule has 0 bridgehead atoms. The molecule has 0 fully saturated rings. The Morgan fingerprint density at radius 1 is 1.12 bits per heavy atom. The van der Waals surface area contributed by atoms with Crippen molar-refractivity contribution < 1.29 is 4.57 Å². The van der Waals surface area contributed by atoms with Gasteiger partial charge in [0.2, 0.25) is 5.95 Å². The Balaban J connectivity index is 2.65. The van der Waals surface area contributed by atoms with E-state index in [-0.39, 0.29) is 5.95 Å². The molecule has 6 nitrogen and oxygen atoms in total. The highest BCUT2D eigenvalue weighted by molar-refractivity contribution is 7.61. The van der Waals surface area contributed by atoms with Crippen LogP contribution in [0.4, 0.5) is 5.95 Å². The number of aromatic nitrogens is 2. The smallest absolute Gasteiger partial charge is 0.281 e. The molecular weight excluding hydrogens is 284 g/mol. The van der Waals surface area contributed by atoms with E-state index in [1.54, 1.807) is 18.5 Å². The molecule has 0 aliphatic heterocycles. The average molecular weight is 298 g/mol. The van der Waals surface area contributed by atoms with Crippen molar-refractivity contribution in [2.75, 3.05) is 29.9 Å². The Morgan fingerprint density at radius 3 is 2.12 bits per heavy atom. The lowest BCUT2D eigenvalue weighted by Gasteiger charge is -2.20. The van der Waals surface area contributed by atoms with Gasteiger partial charge in [-0.3, -0.25) is 9.65 Å². The lowest BCUT2D eigenvalue weighted by molar-refractivity contribution is 0.560. The van der Waals surface area contributed by atoms with Crippen molar-refractivity contribution in [3.05, 3.63) is 18.5 Å². The minimum absolute atomic E-state index is 0.278. The van der Waals surface area contributed by atoms with Crippen LogP contribution in [0.2, 0.25) is 0 Å². The van der Waals surface area contributed by atoms with Gasteiger partial charge in [-0.25, -0.2) is 20.1 Å². The summed E-state index contributed by atoms with van der Waals surface area (Å²) in [5.41, 5.74) is 0. The van der Waals surface area contributed by atoms with Crippen LogP contribution >= 0.6 is 30.8 Å². The molecule has 0 atom stereocenters. The lowest BCUT2D eigenvalue weighted by atomic mass is 10.7. The maximum absolute atomic E-state index is 12.4. The first-order valence-electron chi connectivity index (χ1n) is 4.98. The van der Waals surface area contributed by atoms with Crippen LogP contribution in [0.5, 0.6) is 0 Å². The van der Waals surface area contributed by atoms with E-state index < -0.39 is 7.59 Å². The standard InChI is InChI=1S/C8H14Cl2N5OP/c9-2-6-13-17(16,14-7-3-10)15-8-11-4-1-5-12-8/h1,4-5H,2-3,6-7H2,(H3,11,12,13,14,15,16). The predicted molar refractivity (Wildman–Crippen MR) is 70.7 cm³/mol. The van der Waals surface area contributed by atoms with Crippen LogP contribution < -0.4 is 15.3 Å². The number of hydrogen-bond donors (Lipinski definition) is 3. The average Bonchev–Trinajstić information content (AvgIpc) is 2.35. The first kappa shape index (κ1) is 14.7. The van der Waals surface area contributed by atoms with Crippen molar-refractivity contribution in [2.24, 2.45) is 0 Å². The van der Waals surface area contributed by atoms with Crippen LogP contribution in [0.3, 0.4) is 0 Å². The van der Waals surface area contributed by atoms with E-state index in [4.69, 9.17) is 23.2 Å². The van der Waals surface area contributed by atoms with Gasteiger partial charge >= 0.3 is 7.59 Å². The molecule has 0 radical (unpaired) electrons. The zero-order valence-corrected chi connectivity index (χ0v) is 11.5. The topological polar surface area (TPSA) is 78.9 Å². The highest BCUT2D eigenvalue weighted by Crippen LogP contribution is 2.34. The largest absolute Gasteiger partial charge is 0.305 e. The Labute approximate surface area is 110 Å². The van der Waals surface area contributed by atoms with Gasteiger partial charge in [0.05, 0.1) is 0 Å². The van der Waals surface area contributed by atoms with Crippen molar-refractivity contribution in [1.82, 2.24) is 20.1 Å². The maximum atomic E-state index is 12.4. The summed E-state index contributed by atoms with van der Waals surface area (Å²) in [6.45, 7) is 0.794. The molecule has 0 aliphatic rings. The van der Waals surface area contributed by atoms with Crippen molar-refractivity contribution in [3.63, 3.8) is 0 Å². The van der Waals surface area contributed by atoms with Gasteiger partial charge in [0, 0.05) is 37.2 Å². The minimum atomic E-state index is -3.02. The van der Waals surface area contributed by atoms with Gasteiger partial charge in [0.25, 0.3) is 0 Å². The molecule has 1 aromatic heterocycles. The fraction of sp³-hybridized carbons (Fsp3) is 0.500. The molecule has 3 N–H and O–H groups in total. The monoisotopic (exact) mass is 297 g/mol. The van der Waals surface area contributed by atoms with E-state index in [9.17, 15) is 4.57 Å². The van der Waals surface area contributed by atoms with Crippen molar-refractivity contribution >= 4 is 36.7 Å². The van der Waals surface area contributed by atoms with Gasteiger partial charge in [0.15, 0.2) is 0 Å².